The zero-order chi connectivity index (χ0) is 19.0. The van der Waals surface area contributed by atoms with Gasteiger partial charge in [-0.3, -0.25) is 0 Å². The van der Waals surface area contributed by atoms with E-state index >= 15 is 0 Å². The second-order valence-corrected chi connectivity index (χ2v) is 8.72. The first kappa shape index (κ1) is 18.3. The normalized spacial score (nSPS) is 19.0. The molecule has 0 bridgehead atoms. The van der Waals surface area contributed by atoms with Gasteiger partial charge in [-0.2, -0.15) is 4.31 Å². The van der Waals surface area contributed by atoms with Gasteiger partial charge in [-0.1, -0.05) is 0 Å². The van der Waals surface area contributed by atoms with Crippen molar-refractivity contribution in [3.05, 3.63) is 35.7 Å². The molecule has 1 aromatic carbocycles. The highest BCUT2D eigenvalue weighted by Gasteiger charge is 2.33. The van der Waals surface area contributed by atoms with E-state index in [1.807, 2.05) is 0 Å². The lowest BCUT2D eigenvalue weighted by molar-refractivity contribution is 0.307. The summed E-state index contributed by atoms with van der Waals surface area (Å²) in [4.78, 5) is -0.0508. The van der Waals surface area contributed by atoms with Gasteiger partial charge >= 0.3 is 0 Å². The highest BCUT2D eigenvalue weighted by atomic mass is 32.2. The molecular formula is C17H22FN5O3S. The topological polar surface area (TPSA) is 89.4 Å². The Morgan fingerprint density at radius 3 is 2.70 bits per heavy atom. The molecule has 0 unspecified atom stereocenters. The molecule has 8 nitrogen and oxygen atoms in total. The van der Waals surface area contributed by atoms with Gasteiger partial charge in [0.25, 0.3) is 0 Å². The lowest BCUT2D eigenvalue weighted by Crippen LogP contribution is -2.38. The molecule has 2 aliphatic rings. The fourth-order valence-electron chi connectivity index (χ4n) is 3.73. The van der Waals surface area contributed by atoms with Crippen molar-refractivity contribution in [1.82, 2.24) is 24.4 Å². The molecule has 2 aliphatic heterocycles. The average molecular weight is 395 g/mol. The van der Waals surface area contributed by atoms with E-state index in [1.54, 1.807) is 0 Å². The molecule has 0 atom stereocenters. The Hall–Kier alpha value is -2.04. The Balaban J connectivity index is 1.48. The number of methoxy groups -OCH3 is 1. The zero-order valence-corrected chi connectivity index (χ0v) is 15.9. The van der Waals surface area contributed by atoms with E-state index in [-0.39, 0.29) is 16.6 Å². The van der Waals surface area contributed by atoms with E-state index in [0.29, 0.717) is 32.5 Å². The molecule has 10 heteroatoms. The molecule has 0 aliphatic carbocycles. The van der Waals surface area contributed by atoms with E-state index < -0.39 is 15.8 Å². The summed E-state index contributed by atoms with van der Waals surface area (Å²) in [5.74, 6) is 1.40. The van der Waals surface area contributed by atoms with E-state index in [2.05, 4.69) is 20.1 Å². The number of ether oxygens (including phenoxy) is 1. The molecule has 1 saturated heterocycles. The maximum absolute atomic E-state index is 13.9. The van der Waals surface area contributed by atoms with Crippen LogP contribution in [0.15, 0.2) is 23.1 Å². The summed E-state index contributed by atoms with van der Waals surface area (Å²) < 4.78 is 48.0. The molecule has 3 heterocycles. The van der Waals surface area contributed by atoms with Crippen molar-refractivity contribution >= 4 is 10.0 Å². The summed E-state index contributed by atoms with van der Waals surface area (Å²) in [6, 6.07) is 3.73. The summed E-state index contributed by atoms with van der Waals surface area (Å²) in [5.41, 5.74) is 0. The molecule has 1 N–H and O–H groups in total. The standard InChI is InChI=1S/C17H22FN5O3S/c1-26-15-3-2-13(10-14(15)18)27(24,25)22-7-4-12(5-8-22)17-21-20-16-11-19-6-9-23(16)17/h2-3,10,12,19H,4-9,11H2,1H3. The number of fused-ring (bicyclic) bond motifs is 1. The van der Waals surface area contributed by atoms with E-state index in [1.165, 1.54) is 23.5 Å². The predicted molar refractivity (Wildman–Crippen MR) is 95.4 cm³/mol. The lowest BCUT2D eigenvalue weighted by atomic mass is 9.97. The minimum absolute atomic E-state index is 0.0266. The largest absolute Gasteiger partial charge is 0.494 e. The van der Waals surface area contributed by atoms with Gasteiger partial charge in [0.2, 0.25) is 10.0 Å². The van der Waals surface area contributed by atoms with Gasteiger partial charge in [-0.15, -0.1) is 10.2 Å². The molecule has 0 spiro atoms. The van der Waals surface area contributed by atoms with Crippen molar-refractivity contribution < 1.29 is 17.5 Å². The van der Waals surface area contributed by atoms with Gasteiger partial charge < -0.3 is 14.6 Å². The van der Waals surface area contributed by atoms with E-state index in [4.69, 9.17) is 4.74 Å². The van der Waals surface area contributed by atoms with Crippen LogP contribution in [0.4, 0.5) is 4.39 Å². The van der Waals surface area contributed by atoms with E-state index in [0.717, 1.165) is 30.8 Å². The van der Waals surface area contributed by atoms with Crippen LogP contribution < -0.4 is 10.1 Å². The van der Waals surface area contributed by atoms with Crippen molar-refractivity contribution in [2.24, 2.45) is 0 Å². The van der Waals surface area contributed by atoms with Gasteiger partial charge in [0, 0.05) is 32.1 Å². The molecule has 27 heavy (non-hydrogen) atoms. The van der Waals surface area contributed by atoms with Crippen LogP contribution in [0, 0.1) is 5.82 Å². The van der Waals surface area contributed by atoms with Crippen LogP contribution in [-0.2, 0) is 23.1 Å². The highest BCUT2D eigenvalue weighted by molar-refractivity contribution is 7.89. The summed E-state index contributed by atoms with van der Waals surface area (Å²) in [6.07, 6.45) is 1.34. The van der Waals surface area contributed by atoms with Crippen molar-refractivity contribution in [3.8, 4) is 5.75 Å². The summed E-state index contributed by atoms with van der Waals surface area (Å²) >= 11 is 0. The summed E-state index contributed by atoms with van der Waals surface area (Å²) in [6.45, 7) is 3.18. The molecule has 0 amide bonds. The second-order valence-electron chi connectivity index (χ2n) is 6.78. The number of aromatic nitrogens is 3. The lowest BCUT2D eigenvalue weighted by Gasteiger charge is -2.31. The fraction of sp³-hybridized carbons (Fsp3) is 0.529. The maximum atomic E-state index is 13.9. The quantitative estimate of drug-likeness (QED) is 0.834. The Labute approximate surface area is 157 Å². The fourth-order valence-corrected chi connectivity index (χ4v) is 5.21. The number of rotatable bonds is 4. The Kier molecular flexibility index (Phi) is 4.87. The van der Waals surface area contributed by atoms with Crippen LogP contribution >= 0.6 is 0 Å². The first-order valence-electron chi connectivity index (χ1n) is 8.97. The van der Waals surface area contributed by atoms with Gasteiger partial charge in [0.15, 0.2) is 11.6 Å². The number of halogens is 1. The molecule has 1 aromatic heterocycles. The maximum Gasteiger partial charge on any atom is 0.243 e. The van der Waals surface area contributed by atoms with Crippen LogP contribution in [0.3, 0.4) is 0 Å². The number of nitrogens with zero attached hydrogens (tertiary/aromatic N) is 4. The molecule has 0 saturated carbocycles. The smallest absolute Gasteiger partial charge is 0.243 e. The van der Waals surface area contributed by atoms with E-state index in [9.17, 15) is 12.8 Å². The van der Waals surface area contributed by atoms with Gasteiger partial charge in [-0.05, 0) is 31.0 Å². The minimum Gasteiger partial charge on any atom is -0.494 e. The number of hydrogen-bond acceptors (Lipinski definition) is 6. The molecular weight excluding hydrogens is 373 g/mol. The van der Waals surface area contributed by atoms with Crippen LogP contribution in [0.2, 0.25) is 0 Å². The molecule has 2 aromatic rings. The SMILES string of the molecule is COc1ccc(S(=O)(=O)N2CCC(c3nnc4n3CCNC4)CC2)cc1F. The average Bonchev–Trinajstić information content (AvgIpc) is 3.12. The zero-order valence-electron chi connectivity index (χ0n) is 15.1. The van der Waals surface area contributed by atoms with Crippen molar-refractivity contribution in [1.29, 1.82) is 0 Å². The molecule has 4 rings (SSSR count). The number of piperidine rings is 1. The molecule has 1 fully saturated rings. The first-order valence-corrected chi connectivity index (χ1v) is 10.4. The predicted octanol–water partition coefficient (Wildman–Crippen LogP) is 1.10. The van der Waals surface area contributed by atoms with Crippen LogP contribution in [0.1, 0.15) is 30.4 Å². The van der Waals surface area contributed by atoms with Crippen LogP contribution in [0.25, 0.3) is 0 Å². The molecule has 146 valence electrons. The Morgan fingerprint density at radius 1 is 1.22 bits per heavy atom. The number of hydrogen-bond donors (Lipinski definition) is 1. The third-order valence-electron chi connectivity index (χ3n) is 5.23. The van der Waals surface area contributed by atoms with Crippen molar-refractivity contribution in [3.63, 3.8) is 0 Å². The van der Waals surface area contributed by atoms with Gasteiger partial charge in [-0.25, -0.2) is 12.8 Å². The van der Waals surface area contributed by atoms with Crippen molar-refractivity contribution in [2.45, 2.75) is 36.7 Å². The number of sulfonamides is 1. The van der Waals surface area contributed by atoms with Gasteiger partial charge in [0.05, 0.1) is 18.6 Å². The second kappa shape index (κ2) is 7.17. The summed E-state index contributed by atoms with van der Waals surface area (Å²) in [5, 5.41) is 11.8. The van der Waals surface area contributed by atoms with Crippen LogP contribution in [-0.4, -0.2) is 54.2 Å². The number of benzene rings is 1. The first-order chi connectivity index (χ1) is 13.0. The number of nitrogens with one attached hydrogen (secondary N) is 1. The summed E-state index contributed by atoms with van der Waals surface area (Å²) in [7, 11) is -2.39. The molecule has 0 radical (unpaired) electrons. The third kappa shape index (κ3) is 3.32. The van der Waals surface area contributed by atoms with Crippen molar-refractivity contribution in [2.75, 3.05) is 26.7 Å². The highest BCUT2D eigenvalue weighted by Crippen LogP contribution is 2.31. The van der Waals surface area contributed by atoms with Crippen LogP contribution in [0.5, 0.6) is 5.75 Å². The minimum atomic E-state index is -3.73. The van der Waals surface area contributed by atoms with Gasteiger partial charge in [0.1, 0.15) is 11.6 Å². The third-order valence-corrected chi connectivity index (χ3v) is 7.13. The Bertz CT molecular complexity index is 938. The monoisotopic (exact) mass is 395 g/mol. The Morgan fingerprint density at radius 2 is 2.00 bits per heavy atom.